The van der Waals surface area contributed by atoms with Crippen molar-refractivity contribution >= 4 is 12.4 Å². The molecule has 0 saturated carbocycles. The lowest BCUT2D eigenvalue weighted by Crippen LogP contribution is -2.23. The fraction of sp³-hybridized carbons (Fsp3) is 1.00. The van der Waals surface area contributed by atoms with Crippen molar-refractivity contribution in [2.45, 2.75) is 12.8 Å². The number of unbranched alkanes of at least 4 members (excludes halogenated alkanes) is 1. The van der Waals surface area contributed by atoms with E-state index in [9.17, 15) is 0 Å². The van der Waals surface area contributed by atoms with Crippen LogP contribution in [0.3, 0.4) is 0 Å². The first-order valence-electron chi connectivity index (χ1n) is 2.55. The van der Waals surface area contributed by atoms with Crippen LogP contribution in [0.15, 0.2) is 0 Å². The minimum Gasteiger partial charge on any atom is -0.330 e. The second-order valence-electron chi connectivity index (χ2n) is 1.45. The molecule has 0 aliphatic heterocycles. The maximum atomic E-state index is 5.20. The van der Waals surface area contributed by atoms with Crippen LogP contribution in [0.2, 0.25) is 0 Å². The molecule has 0 aliphatic carbocycles. The smallest absolute Gasteiger partial charge is 0.00978 e. The number of hydrogen-bond acceptors (Lipinski definition) is 3. The Labute approximate surface area is 56.2 Å². The summed E-state index contributed by atoms with van der Waals surface area (Å²) in [6.45, 7) is 1.64. The second kappa shape index (κ2) is 10.2. The van der Waals surface area contributed by atoms with Crippen LogP contribution < -0.4 is 17.0 Å². The summed E-state index contributed by atoms with van der Waals surface area (Å²) >= 11 is 0. The van der Waals surface area contributed by atoms with E-state index in [4.69, 9.17) is 11.6 Å². The minimum atomic E-state index is 0. The van der Waals surface area contributed by atoms with Crippen LogP contribution in [-0.4, -0.2) is 13.1 Å². The molecule has 0 spiro atoms. The predicted octanol–water partition coefficient (Wildman–Crippen LogP) is -0.390. The SMILES string of the molecule is Cl.NCCCCNN. The third-order valence-electron chi connectivity index (χ3n) is 0.775. The molecule has 0 aromatic carbocycles. The van der Waals surface area contributed by atoms with Gasteiger partial charge in [-0.1, -0.05) is 0 Å². The molecule has 0 aliphatic rings. The minimum absolute atomic E-state index is 0. The molecule has 0 radical (unpaired) electrons. The van der Waals surface area contributed by atoms with Crippen LogP contribution in [-0.2, 0) is 0 Å². The fourth-order valence-electron chi connectivity index (χ4n) is 0.371. The van der Waals surface area contributed by atoms with Gasteiger partial charge in [-0.15, -0.1) is 12.4 Å². The van der Waals surface area contributed by atoms with Crippen LogP contribution in [0, 0.1) is 0 Å². The van der Waals surface area contributed by atoms with Crippen molar-refractivity contribution in [1.29, 1.82) is 0 Å². The van der Waals surface area contributed by atoms with Gasteiger partial charge in [0.05, 0.1) is 0 Å². The molecule has 52 valence electrons. The topological polar surface area (TPSA) is 64.1 Å². The van der Waals surface area contributed by atoms with E-state index in [1.807, 2.05) is 0 Å². The number of hydrazine groups is 1. The molecule has 0 unspecified atom stereocenters. The Bertz CT molecular complexity index is 30.5. The fourth-order valence-corrected chi connectivity index (χ4v) is 0.371. The van der Waals surface area contributed by atoms with Gasteiger partial charge < -0.3 is 5.73 Å². The largest absolute Gasteiger partial charge is 0.330 e. The zero-order valence-electron chi connectivity index (χ0n) is 4.89. The molecule has 0 fully saturated rings. The summed E-state index contributed by atoms with van der Waals surface area (Å²) in [5.74, 6) is 4.98. The van der Waals surface area contributed by atoms with Gasteiger partial charge in [-0.05, 0) is 19.4 Å². The first-order valence-corrected chi connectivity index (χ1v) is 2.55. The lowest BCUT2D eigenvalue weighted by Gasteiger charge is -1.93. The quantitative estimate of drug-likeness (QED) is 0.283. The van der Waals surface area contributed by atoms with E-state index in [0.29, 0.717) is 0 Å². The van der Waals surface area contributed by atoms with Gasteiger partial charge in [0.2, 0.25) is 0 Å². The third kappa shape index (κ3) is 9.48. The summed E-state index contributed by atoms with van der Waals surface area (Å²) in [6.07, 6.45) is 2.14. The van der Waals surface area contributed by atoms with Crippen molar-refractivity contribution in [3.05, 3.63) is 0 Å². The van der Waals surface area contributed by atoms with Gasteiger partial charge in [0, 0.05) is 6.54 Å². The average molecular weight is 140 g/mol. The number of rotatable bonds is 4. The van der Waals surface area contributed by atoms with E-state index in [2.05, 4.69) is 5.43 Å². The van der Waals surface area contributed by atoms with E-state index in [1.165, 1.54) is 0 Å². The Morgan fingerprint density at radius 2 is 1.88 bits per heavy atom. The van der Waals surface area contributed by atoms with Gasteiger partial charge in [0.15, 0.2) is 0 Å². The van der Waals surface area contributed by atoms with E-state index >= 15 is 0 Å². The Morgan fingerprint density at radius 3 is 2.25 bits per heavy atom. The van der Waals surface area contributed by atoms with Gasteiger partial charge >= 0.3 is 0 Å². The molecule has 3 nitrogen and oxygen atoms in total. The molecule has 5 N–H and O–H groups in total. The molecular formula is C4H14ClN3. The van der Waals surface area contributed by atoms with E-state index in [0.717, 1.165) is 25.9 Å². The summed E-state index contributed by atoms with van der Waals surface area (Å²) in [6, 6.07) is 0. The van der Waals surface area contributed by atoms with Crippen molar-refractivity contribution in [2.24, 2.45) is 11.6 Å². The highest BCUT2D eigenvalue weighted by Gasteiger charge is 1.79. The summed E-state index contributed by atoms with van der Waals surface area (Å²) in [7, 11) is 0. The van der Waals surface area contributed by atoms with Crippen LogP contribution in [0.25, 0.3) is 0 Å². The maximum absolute atomic E-state index is 5.20. The first-order chi connectivity index (χ1) is 3.41. The molecule has 0 aromatic rings. The number of hydrogen-bond donors (Lipinski definition) is 3. The lowest BCUT2D eigenvalue weighted by atomic mass is 10.3. The summed E-state index contributed by atoms with van der Waals surface area (Å²) < 4.78 is 0. The average Bonchev–Trinajstić information content (AvgIpc) is 1.69. The van der Waals surface area contributed by atoms with Crippen LogP contribution in [0.5, 0.6) is 0 Å². The van der Waals surface area contributed by atoms with Gasteiger partial charge in [-0.3, -0.25) is 11.3 Å². The highest BCUT2D eigenvalue weighted by Crippen LogP contribution is 1.78. The standard InChI is InChI=1S/C4H13N3.ClH/c5-3-1-2-4-7-6;/h7H,1-6H2;1H. The Kier molecular flexibility index (Phi) is 14.1. The normalized spacial score (nSPS) is 8.25. The lowest BCUT2D eigenvalue weighted by molar-refractivity contribution is 0.651. The number of nitrogens with one attached hydrogen (secondary N) is 1. The van der Waals surface area contributed by atoms with Gasteiger partial charge in [-0.25, -0.2) is 0 Å². The number of halogens is 1. The highest BCUT2D eigenvalue weighted by molar-refractivity contribution is 5.85. The van der Waals surface area contributed by atoms with Gasteiger partial charge in [0.25, 0.3) is 0 Å². The van der Waals surface area contributed by atoms with E-state index in [-0.39, 0.29) is 12.4 Å². The first kappa shape index (κ1) is 11.0. The van der Waals surface area contributed by atoms with Crippen LogP contribution in [0.1, 0.15) is 12.8 Å². The van der Waals surface area contributed by atoms with Crippen molar-refractivity contribution in [3.8, 4) is 0 Å². The zero-order valence-corrected chi connectivity index (χ0v) is 5.71. The molecule has 0 heterocycles. The van der Waals surface area contributed by atoms with Gasteiger partial charge in [0.1, 0.15) is 0 Å². The van der Waals surface area contributed by atoms with Crippen LogP contribution in [0.4, 0.5) is 0 Å². The maximum Gasteiger partial charge on any atom is 0.00978 e. The molecule has 0 saturated heterocycles. The van der Waals surface area contributed by atoms with Crippen molar-refractivity contribution < 1.29 is 0 Å². The Hall–Kier alpha value is 0.170. The number of nitrogens with two attached hydrogens (primary N) is 2. The summed E-state index contributed by atoms with van der Waals surface area (Å²) in [5, 5.41) is 0. The van der Waals surface area contributed by atoms with E-state index in [1.54, 1.807) is 0 Å². The Morgan fingerprint density at radius 1 is 1.25 bits per heavy atom. The zero-order chi connectivity index (χ0) is 5.54. The van der Waals surface area contributed by atoms with Crippen LogP contribution >= 0.6 is 12.4 Å². The Balaban J connectivity index is 0. The molecule has 4 heteroatoms. The summed E-state index contributed by atoms with van der Waals surface area (Å²) in [4.78, 5) is 0. The van der Waals surface area contributed by atoms with E-state index < -0.39 is 0 Å². The molecule has 0 amide bonds. The molecule has 0 aromatic heterocycles. The third-order valence-corrected chi connectivity index (χ3v) is 0.775. The molecule has 0 bridgehead atoms. The monoisotopic (exact) mass is 139 g/mol. The van der Waals surface area contributed by atoms with Gasteiger partial charge in [-0.2, -0.15) is 0 Å². The molecule has 8 heavy (non-hydrogen) atoms. The second-order valence-corrected chi connectivity index (χ2v) is 1.45. The molecular weight excluding hydrogens is 126 g/mol. The van der Waals surface area contributed by atoms with Crippen molar-refractivity contribution in [2.75, 3.05) is 13.1 Å². The predicted molar refractivity (Wildman–Crippen MR) is 37.7 cm³/mol. The van der Waals surface area contributed by atoms with Crippen molar-refractivity contribution in [3.63, 3.8) is 0 Å². The van der Waals surface area contributed by atoms with Crippen molar-refractivity contribution in [1.82, 2.24) is 5.43 Å². The summed E-state index contributed by atoms with van der Waals surface area (Å²) in [5.41, 5.74) is 7.75. The highest BCUT2D eigenvalue weighted by atomic mass is 35.5. The molecule has 0 atom stereocenters. The molecule has 0 rings (SSSR count).